The van der Waals surface area contributed by atoms with Crippen LogP contribution in [0.25, 0.3) is 0 Å². The summed E-state index contributed by atoms with van der Waals surface area (Å²) in [5.41, 5.74) is 4.16. The summed E-state index contributed by atoms with van der Waals surface area (Å²) in [5, 5.41) is 7.26. The fraction of sp³-hybridized carbons (Fsp3) is 0.300. The van der Waals surface area contributed by atoms with Gasteiger partial charge in [0.2, 0.25) is 5.91 Å². The minimum Gasteiger partial charge on any atom is -0.363 e. The molecule has 27 heavy (non-hydrogen) atoms. The molecule has 0 radical (unpaired) electrons. The fourth-order valence-corrected chi connectivity index (χ4v) is 4.27. The second-order valence-corrected chi connectivity index (χ2v) is 7.88. The van der Waals surface area contributed by atoms with Crippen molar-refractivity contribution in [3.63, 3.8) is 0 Å². The molecule has 140 valence electrons. The first kappa shape index (κ1) is 18.3. The zero-order valence-corrected chi connectivity index (χ0v) is 16.4. The van der Waals surface area contributed by atoms with E-state index in [1.54, 1.807) is 12.4 Å². The Kier molecular flexibility index (Phi) is 5.08. The van der Waals surface area contributed by atoms with Gasteiger partial charge in [-0.3, -0.25) is 9.79 Å². The van der Waals surface area contributed by atoms with Crippen molar-refractivity contribution in [3.05, 3.63) is 63.1 Å². The Balaban J connectivity index is 1.63. The molecule has 1 amide bonds. The quantitative estimate of drug-likeness (QED) is 0.825. The zero-order valence-electron chi connectivity index (χ0n) is 14.9. The van der Waals surface area contributed by atoms with Crippen molar-refractivity contribution in [1.29, 1.82) is 0 Å². The van der Waals surface area contributed by atoms with E-state index >= 15 is 0 Å². The normalized spacial score (nSPS) is 21.6. The highest BCUT2D eigenvalue weighted by Gasteiger charge is 2.27. The molecular formula is C20H20Cl2N4O. The van der Waals surface area contributed by atoms with E-state index in [0.717, 1.165) is 35.5 Å². The smallest absolute Gasteiger partial charge is 0.248 e. The van der Waals surface area contributed by atoms with Crippen LogP contribution in [0.15, 0.2) is 41.4 Å². The van der Waals surface area contributed by atoms with Crippen LogP contribution in [0.2, 0.25) is 10.0 Å². The van der Waals surface area contributed by atoms with E-state index in [-0.39, 0.29) is 17.9 Å². The maximum atomic E-state index is 12.3. The van der Waals surface area contributed by atoms with Gasteiger partial charge >= 0.3 is 0 Å². The number of carbonyl (C=O) groups is 1. The summed E-state index contributed by atoms with van der Waals surface area (Å²) in [7, 11) is 2.08. The average molecular weight is 403 g/mol. The SMILES string of the molecule is CN1Cc2c(Cl)cc(Cl)cc2C(c2cccc(NC(=O)C3CN=CN3)c2)C1. The van der Waals surface area contributed by atoms with Gasteiger partial charge in [0.15, 0.2) is 0 Å². The van der Waals surface area contributed by atoms with E-state index in [9.17, 15) is 4.79 Å². The number of carbonyl (C=O) groups excluding carboxylic acids is 1. The van der Waals surface area contributed by atoms with Gasteiger partial charge in [-0.25, -0.2) is 0 Å². The third kappa shape index (κ3) is 3.81. The second-order valence-electron chi connectivity index (χ2n) is 7.03. The van der Waals surface area contributed by atoms with E-state index in [2.05, 4.69) is 33.6 Å². The van der Waals surface area contributed by atoms with Crippen LogP contribution in [0.5, 0.6) is 0 Å². The number of amides is 1. The highest BCUT2D eigenvalue weighted by molar-refractivity contribution is 6.35. The number of fused-ring (bicyclic) bond motifs is 1. The van der Waals surface area contributed by atoms with Crippen molar-refractivity contribution in [2.75, 3.05) is 25.5 Å². The molecule has 5 nitrogen and oxygen atoms in total. The molecule has 4 rings (SSSR count). The van der Waals surface area contributed by atoms with Crippen LogP contribution in [0.1, 0.15) is 22.6 Å². The van der Waals surface area contributed by atoms with Gasteiger partial charge in [-0.05, 0) is 48.0 Å². The van der Waals surface area contributed by atoms with E-state index in [4.69, 9.17) is 23.2 Å². The van der Waals surface area contributed by atoms with Crippen LogP contribution in [-0.4, -0.2) is 43.3 Å². The second kappa shape index (κ2) is 7.50. The first-order valence-corrected chi connectivity index (χ1v) is 9.58. The Morgan fingerprint density at radius 3 is 2.93 bits per heavy atom. The maximum absolute atomic E-state index is 12.3. The lowest BCUT2D eigenvalue weighted by Gasteiger charge is -2.33. The summed E-state index contributed by atoms with van der Waals surface area (Å²) in [6.45, 7) is 2.12. The van der Waals surface area contributed by atoms with Crippen molar-refractivity contribution in [2.45, 2.75) is 18.5 Å². The summed E-state index contributed by atoms with van der Waals surface area (Å²) >= 11 is 12.7. The molecule has 0 saturated heterocycles. The highest BCUT2D eigenvalue weighted by Crippen LogP contribution is 2.38. The van der Waals surface area contributed by atoms with Crippen LogP contribution in [0.4, 0.5) is 5.69 Å². The van der Waals surface area contributed by atoms with Gasteiger partial charge in [-0.15, -0.1) is 0 Å². The molecular weight excluding hydrogens is 383 g/mol. The van der Waals surface area contributed by atoms with Crippen molar-refractivity contribution < 1.29 is 4.79 Å². The molecule has 0 spiro atoms. The number of rotatable bonds is 3. The monoisotopic (exact) mass is 402 g/mol. The minimum absolute atomic E-state index is 0.0862. The minimum atomic E-state index is -0.312. The molecule has 7 heteroatoms. The van der Waals surface area contributed by atoms with Gasteiger partial charge in [0.1, 0.15) is 6.04 Å². The lowest BCUT2D eigenvalue weighted by atomic mass is 9.84. The number of likely N-dealkylation sites (N-methyl/N-ethyl adjacent to an activating group) is 1. The van der Waals surface area contributed by atoms with Gasteiger partial charge in [0, 0.05) is 34.7 Å². The summed E-state index contributed by atoms with van der Waals surface area (Å²) in [6, 6.07) is 11.5. The van der Waals surface area contributed by atoms with Crippen LogP contribution >= 0.6 is 23.2 Å². The van der Waals surface area contributed by atoms with E-state index in [0.29, 0.717) is 16.6 Å². The van der Waals surface area contributed by atoms with Crippen LogP contribution in [0, 0.1) is 0 Å². The predicted octanol–water partition coefficient (Wildman–Crippen LogP) is 3.51. The van der Waals surface area contributed by atoms with Crippen molar-refractivity contribution >= 4 is 41.1 Å². The van der Waals surface area contributed by atoms with Gasteiger partial charge in [-0.2, -0.15) is 0 Å². The number of halogens is 2. The molecule has 0 saturated carbocycles. The number of nitrogens with zero attached hydrogens (tertiary/aromatic N) is 2. The van der Waals surface area contributed by atoms with E-state index in [1.807, 2.05) is 24.3 Å². The third-order valence-electron chi connectivity index (χ3n) is 5.02. The number of anilines is 1. The molecule has 2 aromatic rings. The number of hydrogen-bond acceptors (Lipinski definition) is 4. The Hall–Kier alpha value is -2.08. The van der Waals surface area contributed by atoms with E-state index < -0.39 is 0 Å². The maximum Gasteiger partial charge on any atom is 0.248 e. The topological polar surface area (TPSA) is 56.7 Å². The lowest BCUT2D eigenvalue weighted by molar-refractivity contribution is -0.117. The zero-order chi connectivity index (χ0) is 19.0. The molecule has 2 heterocycles. The number of nitrogens with one attached hydrogen (secondary N) is 2. The van der Waals surface area contributed by atoms with Crippen molar-refractivity contribution in [1.82, 2.24) is 10.2 Å². The van der Waals surface area contributed by atoms with Gasteiger partial charge in [-0.1, -0.05) is 35.3 Å². The molecule has 0 aromatic heterocycles. The molecule has 2 unspecified atom stereocenters. The molecule has 2 aromatic carbocycles. The van der Waals surface area contributed by atoms with Gasteiger partial charge in [0.25, 0.3) is 0 Å². The highest BCUT2D eigenvalue weighted by atomic mass is 35.5. The van der Waals surface area contributed by atoms with Gasteiger partial charge < -0.3 is 15.5 Å². The Labute approximate surface area is 168 Å². The summed E-state index contributed by atoms with van der Waals surface area (Å²) in [6.07, 6.45) is 1.57. The van der Waals surface area contributed by atoms with Crippen LogP contribution in [-0.2, 0) is 11.3 Å². The van der Waals surface area contributed by atoms with Gasteiger partial charge in [0.05, 0.1) is 12.9 Å². The Morgan fingerprint density at radius 1 is 1.30 bits per heavy atom. The Bertz CT molecular complexity index is 907. The summed E-state index contributed by atoms with van der Waals surface area (Å²) < 4.78 is 0. The van der Waals surface area contributed by atoms with Crippen LogP contribution < -0.4 is 10.6 Å². The summed E-state index contributed by atoms with van der Waals surface area (Å²) in [5.74, 6) is 0.0524. The molecule has 0 bridgehead atoms. The first-order chi connectivity index (χ1) is 13.0. The summed E-state index contributed by atoms with van der Waals surface area (Å²) in [4.78, 5) is 18.6. The lowest BCUT2D eigenvalue weighted by Crippen LogP contribution is -2.38. The van der Waals surface area contributed by atoms with Crippen molar-refractivity contribution in [3.8, 4) is 0 Å². The third-order valence-corrected chi connectivity index (χ3v) is 5.58. The number of hydrogen-bond donors (Lipinski definition) is 2. The molecule has 2 aliphatic rings. The van der Waals surface area contributed by atoms with Crippen molar-refractivity contribution in [2.24, 2.45) is 4.99 Å². The molecule has 2 N–H and O–H groups in total. The predicted molar refractivity (Wildman–Crippen MR) is 110 cm³/mol. The van der Waals surface area contributed by atoms with E-state index in [1.165, 1.54) is 0 Å². The largest absolute Gasteiger partial charge is 0.363 e. The molecule has 2 aliphatic heterocycles. The Morgan fingerprint density at radius 2 is 2.15 bits per heavy atom. The first-order valence-electron chi connectivity index (χ1n) is 8.83. The fourth-order valence-electron chi connectivity index (χ4n) is 3.71. The number of benzene rings is 2. The molecule has 2 atom stereocenters. The van der Waals surface area contributed by atoms with Crippen LogP contribution in [0.3, 0.4) is 0 Å². The average Bonchev–Trinajstić information content (AvgIpc) is 3.17. The number of aliphatic imine (C=N–C) groups is 1. The standard InChI is InChI=1S/C20H20Cl2N4O/c1-26-9-16(15-6-13(21)7-18(22)17(15)10-26)12-3-2-4-14(5-12)25-20(27)19-8-23-11-24-19/h2-7,11,16,19H,8-10H2,1H3,(H,23,24)(H,25,27). The molecule has 0 fully saturated rings. The molecule has 0 aliphatic carbocycles.